The second-order valence-electron chi connectivity index (χ2n) is 4.66. The summed E-state index contributed by atoms with van der Waals surface area (Å²) < 4.78 is 5.07. The molecule has 0 aromatic heterocycles. The number of ether oxygens (including phenoxy) is 1. The molecule has 104 valence electrons. The predicted molar refractivity (Wildman–Crippen MR) is 68.0 cm³/mol. The van der Waals surface area contributed by atoms with Crippen LogP contribution < -0.4 is 5.11 Å². The monoisotopic (exact) mass is 264 g/mol. The van der Waals surface area contributed by atoms with Gasteiger partial charge in [-0.15, -0.1) is 0 Å². The Morgan fingerprint density at radius 2 is 1.84 bits per heavy atom. The van der Waals surface area contributed by atoms with Crippen LogP contribution in [0, 0.1) is 5.92 Å². The Morgan fingerprint density at radius 3 is 2.32 bits per heavy atom. The van der Waals surface area contributed by atoms with Crippen LogP contribution in [0.5, 0.6) is 0 Å². The van der Waals surface area contributed by atoms with Crippen LogP contribution in [0.2, 0.25) is 0 Å². The quantitative estimate of drug-likeness (QED) is 0.796. The highest BCUT2D eigenvalue weighted by molar-refractivity contribution is 5.78. The van der Waals surface area contributed by atoms with E-state index in [2.05, 4.69) is 0 Å². The molecule has 1 rings (SSSR count). The highest BCUT2D eigenvalue weighted by atomic mass is 16.6. The lowest BCUT2D eigenvalue weighted by atomic mass is 10.0. The van der Waals surface area contributed by atoms with E-state index in [-0.39, 0.29) is 12.5 Å². The molecule has 0 saturated heterocycles. The smallest absolute Gasteiger partial charge is 0.410 e. The van der Waals surface area contributed by atoms with E-state index in [1.54, 1.807) is 13.8 Å². The molecule has 0 aliphatic heterocycles. The summed E-state index contributed by atoms with van der Waals surface area (Å²) in [6.45, 7) is 3.53. The number of hydrogen-bond donors (Lipinski definition) is 0. The van der Waals surface area contributed by atoms with Crippen molar-refractivity contribution in [2.45, 2.75) is 26.5 Å². The molecule has 5 nitrogen and oxygen atoms in total. The van der Waals surface area contributed by atoms with Crippen molar-refractivity contribution in [2.24, 2.45) is 5.92 Å². The summed E-state index contributed by atoms with van der Waals surface area (Å²) in [5, 5.41) is 11.0. The van der Waals surface area contributed by atoms with Crippen LogP contribution in [-0.4, -0.2) is 30.1 Å². The molecular formula is C14H18NO4-. The minimum Gasteiger partial charge on any atom is -0.548 e. The van der Waals surface area contributed by atoms with Crippen LogP contribution in [-0.2, 0) is 16.1 Å². The Kier molecular flexibility index (Phi) is 5.36. The van der Waals surface area contributed by atoms with Crippen molar-refractivity contribution < 1.29 is 19.4 Å². The number of nitrogens with zero attached hydrogens (tertiary/aromatic N) is 1. The first-order valence-electron chi connectivity index (χ1n) is 6.08. The lowest BCUT2D eigenvalue weighted by Gasteiger charge is -2.31. The number of rotatable bonds is 5. The van der Waals surface area contributed by atoms with Crippen molar-refractivity contribution in [2.75, 3.05) is 7.05 Å². The van der Waals surface area contributed by atoms with Gasteiger partial charge in [0.05, 0.1) is 12.0 Å². The first-order chi connectivity index (χ1) is 8.93. The third-order valence-corrected chi connectivity index (χ3v) is 2.78. The van der Waals surface area contributed by atoms with E-state index in [9.17, 15) is 14.7 Å². The number of benzene rings is 1. The Labute approximate surface area is 112 Å². The molecule has 0 aliphatic carbocycles. The van der Waals surface area contributed by atoms with Crippen LogP contribution in [0.15, 0.2) is 30.3 Å². The zero-order valence-electron chi connectivity index (χ0n) is 11.3. The third kappa shape index (κ3) is 4.28. The fourth-order valence-corrected chi connectivity index (χ4v) is 1.81. The van der Waals surface area contributed by atoms with Gasteiger partial charge in [-0.3, -0.25) is 0 Å². The minimum absolute atomic E-state index is 0.113. The van der Waals surface area contributed by atoms with Crippen LogP contribution in [0.3, 0.4) is 0 Å². The van der Waals surface area contributed by atoms with Gasteiger partial charge in [0.2, 0.25) is 0 Å². The van der Waals surface area contributed by atoms with Crippen LogP contribution in [0.25, 0.3) is 0 Å². The third-order valence-electron chi connectivity index (χ3n) is 2.78. The average molecular weight is 264 g/mol. The largest absolute Gasteiger partial charge is 0.548 e. The van der Waals surface area contributed by atoms with E-state index < -0.39 is 18.1 Å². The number of carbonyl (C=O) groups excluding carboxylic acids is 2. The summed E-state index contributed by atoms with van der Waals surface area (Å²) in [4.78, 5) is 23.8. The predicted octanol–water partition coefficient (Wildman–Crippen LogP) is 1.03. The van der Waals surface area contributed by atoms with Gasteiger partial charge in [0.25, 0.3) is 0 Å². The fourth-order valence-electron chi connectivity index (χ4n) is 1.81. The molecule has 1 atom stereocenters. The summed E-state index contributed by atoms with van der Waals surface area (Å²) >= 11 is 0. The van der Waals surface area contributed by atoms with E-state index in [0.29, 0.717) is 0 Å². The lowest BCUT2D eigenvalue weighted by Crippen LogP contribution is -2.51. The molecule has 0 spiro atoms. The number of likely N-dealkylation sites (N-methyl/N-ethyl adjacent to an activating group) is 1. The van der Waals surface area contributed by atoms with Crippen molar-refractivity contribution in [1.82, 2.24) is 4.90 Å². The van der Waals surface area contributed by atoms with E-state index in [0.717, 1.165) is 10.5 Å². The Balaban J connectivity index is 2.59. The molecule has 0 radical (unpaired) electrons. The van der Waals surface area contributed by atoms with E-state index >= 15 is 0 Å². The zero-order valence-corrected chi connectivity index (χ0v) is 11.3. The number of aliphatic carboxylic acids is 1. The second kappa shape index (κ2) is 6.78. The molecule has 5 heteroatoms. The highest BCUT2D eigenvalue weighted by Gasteiger charge is 2.25. The van der Waals surface area contributed by atoms with E-state index in [1.165, 1.54) is 7.05 Å². The normalized spacial score (nSPS) is 12.0. The van der Waals surface area contributed by atoms with Crippen molar-refractivity contribution in [1.29, 1.82) is 0 Å². The number of hydrogen-bond acceptors (Lipinski definition) is 4. The lowest BCUT2D eigenvalue weighted by molar-refractivity contribution is -0.312. The SMILES string of the molecule is CC(C)[C@H](C(=O)[O-])N(C)C(=O)OCc1ccccc1. The van der Waals surface area contributed by atoms with E-state index in [4.69, 9.17) is 4.74 Å². The summed E-state index contributed by atoms with van der Waals surface area (Å²) in [7, 11) is 1.40. The topological polar surface area (TPSA) is 69.7 Å². The van der Waals surface area contributed by atoms with Gasteiger partial charge in [-0.2, -0.15) is 0 Å². The van der Waals surface area contributed by atoms with Crippen LogP contribution in [0.1, 0.15) is 19.4 Å². The maximum absolute atomic E-state index is 11.8. The van der Waals surface area contributed by atoms with Gasteiger partial charge in [-0.1, -0.05) is 44.2 Å². The molecule has 1 amide bonds. The number of carboxylic acids is 1. The van der Waals surface area contributed by atoms with Gasteiger partial charge in [0.1, 0.15) is 6.61 Å². The first-order valence-corrected chi connectivity index (χ1v) is 6.08. The molecule has 0 aliphatic rings. The van der Waals surface area contributed by atoms with Gasteiger partial charge in [-0.05, 0) is 11.5 Å². The average Bonchev–Trinajstić information content (AvgIpc) is 2.36. The van der Waals surface area contributed by atoms with Crippen molar-refractivity contribution in [3.8, 4) is 0 Å². The van der Waals surface area contributed by atoms with Gasteiger partial charge in [0.15, 0.2) is 0 Å². The standard InChI is InChI=1S/C14H19NO4/c1-10(2)12(13(16)17)15(3)14(18)19-9-11-7-5-4-6-8-11/h4-8,10,12H,9H2,1-3H3,(H,16,17)/p-1/t12-/m1/s1. The van der Waals surface area contributed by atoms with Crippen molar-refractivity contribution in [3.05, 3.63) is 35.9 Å². The van der Waals surface area contributed by atoms with E-state index in [1.807, 2.05) is 30.3 Å². The van der Waals surface area contributed by atoms with Gasteiger partial charge >= 0.3 is 6.09 Å². The maximum atomic E-state index is 11.8. The Morgan fingerprint density at radius 1 is 1.26 bits per heavy atom. The molecule has 0 saturated carbocycles. The molecule has 0 unspecified atom stereocenters. The van der Waals surface area contributed by atoms with Crippen molar-refractivity contribution in [3.63, 3.8) is 0 Å². The maximum Gasteiger partial charge on any atom is 0.410 e. The Hall–Kier alpha value is -2.04. The summed E-state index contributed by atoms with van der Waals surface area (Å²) in [5.74, 6) is -1.53. The number of amides is 1. The number of carbonyl (C=O) groups is 2. The molecule has 1 aromatic rings. The Bertz CT molecular complexity index is 430. The first kappa shape index (κ1) is 15.0. The molecule has 0 bridgehead atoms. The summed E-state index contributed by atoms with van der Waals surface area (Å²) in [5.41, 5.74) is 0.846. The highest BCUT2D eigenvalue weighted by Crippen LogP contribution is 2.11. The minimum atomic E-state index is -1.28. The molecule has 1 aromatic carbocycles. The molecule has 19 heavy (non-hydrogen) atoms. The van der Waals surface area contributed by atoms with Gasteiger partial charge in [-0.25, -0.2) is 4.79 Å². The fraction of sp³-hybridized carbons (Fsp3) is 0.429. The van der Waals surface area contributed by atoms with Crippen LogP contribution in [0.4, 0.5) is 4.79 Å². The summed E-state index contributed by atoms with van der Waals surface area (Å²) in [6.07, 6.45) is -0.674. The van der Waals surface area contributed by atoms with Gasteiger partial charge in [0, 0.05) is 7.05 Å². The molecule has 0 heterocycles. The molecular weight excluding hydrogens is 246 g/mol. The van der Waals surface area contributed by atoms with Crippen molar-refractivity contribution >= 4 is 12.1 Å². The van der Waals surface area contributed by atoms with Crippen LogP contribution >= 0.6 is 0 Å². The second-order valence-corrected chi connectivity index (χ2v) is 4.66. The van der Waals surface area contributed by atoms with Gasteiger partial charge < -0.3 is 19.5 Å². The molecule has 0 N–H and O–H groups in total. The zero-order chi connectivity index (χ0) is 14.4. The molecule has 0 fully saturated rings. The number of carboxylic acid groups (broad SMARTS) is 1. The summed E-state index contributed by atoms with van der Waals surface area (Å²) in [6, 6.07) is 8.19.